The molecule has 1 unspecified atom stereocenters. The van der Waals surface area contributed by atoms with Crippen molar-refractivity contribution in [2.45, 2.75) is 39.3 Å². The van der Waals surface area contributed by atoms with Crippen molar-refractivity contribution in [3.8, 4) is 0 Å². The molecule has 0 radical (unpaired) electrons. The van der Waals surface area contributed by atoms with Crippen molar-refractivity contribution in [3.63, 3.8) is 0 Å². The van der Waals surface area contributed by atoms with Crippen LogP contribution >= 0.6 is 0 Å². The Morgan fingerprint density at radius 3 is 2.71 bits per heavy atom. The number of carbonyl (C=O) groups excluding carboxylic acids is 1. The minimum absolute atomic E-state index is 0.164. The van der Waals surface area contributed by atoms with Crippen LogP contribution in [0.2, 0.25) is 0 Å². The summed E-state index contributed by atoms with van der Waals surface area (Å²) in [5.74, 6) is -1.60. The molecular weight excluding hydrogens is 368 g/mol. The van der Waals surface area contributed by atoms with Gasteiger partial charge in [-0.2, -0.15) is 5.10 Å². The van der Waals surface area contributed by atoms with Crippen molar-refractivity contribution in [2.24, 2.45) is 0 Å². The number of nitrogens with zero attached hydrogens (tertiary/aromatic N) is 2. The molecule has 0 aliphatic rings. The van der Waals surface area contributed by atoms with Gasteiger partial charge in [0.1, 0.15) is 11.4 Å². The maximum atomic E-state index is 14.9. The predicted molar refractivity (Wildman–Crippen MR) is 102 cm³/mol. The molecule has 1 aromatic carbocycles. The van der Waals surface area contributed by atoms with Crippen molar-refractivity contribution in [3.05, 3.63) is 47.8 Å². The first-order valence-corrected chi connectivity index (χ1v) is 8.67. The van der Waals surface area contributed by atoms with Gasteiger partial charge in [-0.3, -0.25) is 10.4 Å². The molecule has 0 bridgehead atoms. The first kappa shape index (κ1) is 19.5. The third-order valence-electron chi connectivity index (χ3n) is 3.87. The number of anilines is 2. The molecule has 0 aliphatic heterocycles. The van der Waals surface area contributed by atoms with E-state index < -0.39 is 29.4 Å². The Kier molecular flexibility index (Phi) is 5.17. The van der Waals surface area contributed by atoms with Crippen LogP contribution in [0.15, 0.2) is 30.6 Å². The number of carbonyl (C=O) groups is 1. The van der Waals surface area contributed by atoms with E-state index in [0.29, 0.717) is 11.3 Å². The van der Waals surface area contributed by atoms with E-state index in [-0.39, 0.29) is 11.3 Å². The number of hydrogen-bond acceptors (Lipinski definition) is 5. The van der Waals surface area contributed by atoms with Gasteiger partial charge in [0.05, 0.1) is 29.8 Å². The molecule has 0 spiro atoms. The van der Waals surface area contributed by atoms with Crippen molar-refractivity contribution in [1.82, 2.24) is 15.2 Å². The maximum Gasteiger partial charge on any atom is 0.412 e. The van der Waals surface area contributed by atoms with Crippen LogP contribution in [0, 0.1) is 11.6 Å². The SMILES string of the molecule is CC(Nc1cnc2[nH]ncc2c1)c1c(F)ccc(NC(=O)OC(C)(C)C)c1F. The summed E-state index contributed by atoms with van der Waals surface area (Å²) in [5.41, 5.74) is 0.0742. The molecule has 7 nitrogen and oxygen atoms in total. The van der Waals surface area contributed by atoms with Crippen molar-refractivity contribution in [1.29, 1.82) is 0 Å². The fourth-order valence-corrected chi connectivity index (χ4v) is 2.71. The number of nitrogens with one attached hydrogen (secondary N) is 3. The van der Waals surface area contributed by atoms with Crippen molar-refractivity contribution >= 4 is 28.5 Å². The summed E-state index contributed by atoms with van der Waals surface area (Å²) in [7, 11) is 0. The second-order valence-electron chi connectivity index (χ2n) is 7.35. The van der Waals surface area contributed by atoms with E-state index in [2.05, 4.69) is 25.8 Å². The van der Waals surface area contributed by atoms with Crippen molar-refractivity contribution < 1.29 is 18.3 Å². The fourth-order valence-electron chi connectivity index (χ4n) is 2.71. The summed E-state index contributed by atoms with van der Waals surface area (Å²) in [5, 5.41) is 12.7. The molecule has 0 aliphatic carbocycles. The van der Waals surface area contributed by atoms with Crippen LogP contribution in [0.25, 0.3) is 11.0 Å². The van der Waals surface area contributed by atoms with Crippen LogP contribution in [-0.4, -0.2) is 26.9 Å². The van der Waals surface area contributed by atoms with Gasteiger partial charge in [-0.1, -0.05) is 0 Å². The van der Waals surface area contributed by atoms with Gasteiger partial charge in [0, 0.05) is 10.9 Å². The lowest BCUT2D eigenvalue weighted by Crippen LogP contribution is -2.27. The van der Waals surface area contributed by atoms with Crippen LogP contribution in [0.5, 0.6) is 0 Å². The number of benzene rings is 1. The molecule has 0 saturated carbocycles. The minimum Gasteiger partial charge on any atom is -0.444 e. The minimum atomic E-state index is -0.872. The highest BCUT2D eigenvalue weighted by molar-refractivity contribution is 5.85. The molecule has 0 saturated heterocycles. The quantitative estimate of drug-likeness (QED) is 0.599. The van der Waals surface area contributed by atoms with E-state index in [1.807, 2.05) is 0 Å². The third-order valence-corrected chi connectivity index (χ3v) is 3.87. The van der Waals surface area contributed by atoms with Gasteiger partial charge in [-0.15, -0.1) is 0 Å². The average Bonchev–Trinajstić information content (AvgIpc) is 3.03. The number of ether oxygens (including phenoxy) is 1. The Labute approximate surface area is 160 Å². The molecule has 2 aromatic heterocycles. The molecule has 1 amide bonds. The molecule has 0 fully saturated rings. The van der Waals surface area contributed by atoms with Gasteiger partial charge in [0.2, 0.25) is 0 Å². The fraction of sp³-hybridized carbons (Fsp3) is 0.316. The van der Waals surface area contributed by atoms with E-state index in [1.165, 1.54) is 6.20 Å². The maximum absolute atomic E-state index is 14.9. The lowest BCUT2D eigenvalue weighted by Gasteiger charge is -2.21. The number of aromatic amines is 1. The van der Waals surface area contributed by atoms with Crippen LogP contribution in [0.3, 0.4) is 0 Å². The number of amides is 1. The molecule has 9 heteroatoms. The first-order chi connectivity index (χ1) is 13.1. The lowest BCUT2D eigenvalue weighted by atomic mass is 10.1. The second-order valence-corrected chi connectivity index (χ2v) is 7.35. The largest absolute Gasteiger partial charge is 0.444 e. The first-order valence-electron chi connectivity index (χ1n) is 8.67. The zero-order chi connectivity index (χ0) is 20.5. The van der Waals surface area contributed by atoms with Gasteiger partial charge < -0.3 is 10.1 Å². The number of fused-ring (bicyclic) bond motifs is 1. The number of rotatable bonds is 4. The van der Waals surface area contributed by atoms with Gasteiger partial charge in [-0.05, 0) is 45.9 Å². The summed E-state index contributed by atoms with van der Waals surface area (Å²) >= 11 is 0. The van der Waals surface area contributed by atoms with Crippen LogP contribution in [0.1, 0.15) is 39.3 Å². The average molecular weight is 389 g/mol. The lowest BCUT2D eigenvalue weighted by molar-refractivity contribution is 0.0635. The molecule has 3 aromatic rings. The van der Waals surface area contributed by atoms with Crippen LogP contribution in [-0.2, 0) is 4.74 Å². The molecule has 1 atom stereocenters. The monoisotopic (exact) mass is 389 g/mol. The Hall–Kier alpha value is -3.23. The standard InChI is InChI=1S/C19H21F2N5O2/c1-10(24-12-7-11-8-23-26-17(11)22-9-12)15-13(20)5-6-14(16(15)21)25-18(27)28-19(2,3)4/h5-10,24H,1-4H3,(H,25,27)(H,22,23,26). The third kappa shape index (κ3) is 4.36. The van der Waals surface area contributed by atoms with E-state index in [1.54, 1.807) is 40.0 Å². The highest BCUT2D eigenvalue weighted by Gasteiger charge is 2.22. The van der Waals surface area contributed by atoms with Gasteiger partial charge in [0.15, 0.2) is 11.5 Å². The van der Waals surface area contributed by atoms with Gasteiger partial charge in [0.25, 0.3) is 0 Å². The molecule has 3 N–H and O–H groups in total. The van der Waals surface area contributed by atoms with Crippen molar-refractivity contribution in [2.75, 3.05) is 10.6 Å². The molecule has 148 valence electrons. The zero-order valence-electron chi connectivity index (χ0n) is 15.9. The molecule has 28 heavy (non-hydrogen) atoms. The normalized spacial score (nSPS) is 12.6. The van der Waals surface area contributed by atoms with E-state index in [9.17, 15) is 13.6 Å². The Morgan fingerprint density at radius 2 is 2.00 bits per heavy atom. The topological polar surface area (TPSA) is 91.9 Å². The summed E-state index contributed by atoms with van der Waals surface area (Å²) in [6.45, 7) is 6.68. The number of H-pyrrole nitrogens is 1. The van der Waals surface area contributed by atoms with Gasteiger partial charge >= 0.3 is 6.09 Å². The van der Waals surface area contributed by atoms with Crippen LogP contribution in [0.4, 0.5) is 25.0 Å². The zero-order valence-corrected chi connectivity index (χ0v) is 15.9. The van der Waals surface area contributed by atoms with Gasteiger partial charge in [-0.25, -0.2) is 18.6 Å². The number of halogens is 2. The summed E-state index contributed by atoms with van der Waals surface area (Å²) in [6, 6.07) is 3.29. The number of aromatic nitrogens is 3. The van der Waals surface area contributed by atoms with E-state index in [0.717, 1.165) is 17.5 Å². The molecule has 3 rings (SSSR count). The van der Waals surface area contributed by atoms with Crippen LogP contribution < -0.4 is 10.6 Å². The Bertz CT molecular complexity index is 1010. The highest BCUT2D eigenvalue weighted by Crippen LogP contribution is 2.29. The second kappa shape index (κ2) is 7.41. The number of hydrogen-bond donors (Lipinski definition) is 3. The van der Waals surface area contributed by atoms with E-state index >= 15 is 0 Å². The summed E-state index contributed by atoms with van der Waals surface area (Å²) < 4.78 is 34.4. The summed E-state index contributed by atoms with van der Waals surface area (Å²) in [4.78, 5) is 16.1. The Morgan fingerprint density at radius 1 is 1.25 bits per heavy atom. The van der Waals surface area contributed by atoms with E-state index in [4.69, 9.17) is 4.74 Å². The molecular formula is C19H21F2N5O2. The smallest absolute Gasteiger partial charge is 0.412 e. The highest BCUT2D eigenvalue weighted by atomic mass is 19.1. The molecule has 2 heterocycles. The summed E-state index contributed by atoms with van der Waals surface area (Å²) in [6.07, 6.45) is 2.32. The number of pyridine rings is 1. The predicted octanol–water partition coefficient (Wildman–Crippen LogP) is 4.76. The Balaban J connectivity index is 1.82.